The van der Waals surface area contributed by atoms with E-state index in [0.717, 1.165) is 22.3 Å². The maximum Gasteiger partial charge on any atom is 0.321 e. The molecule has 0 fully saturated rings. The summed E-state index contributed by atoms with van der Waals surface area (Å²) in [7, 11) is 3.33. The van der Waals surface area contributed by atoms with Crippen LogP contribution in [-0.4, -0.2) is 51.1 Å². The van der Waals surface area contributed by atoms with Gasteiger partial charge in [0.1, 0.15) is 0 Å². The molecule has 9 heteroatoms. The SMILES string of the molecule is Cc1ccc(NC(=O)c2n[nH]c3ccc(-c4cncc(NC(=O)N(C)C)c4)cc23)cn1. The number of aromatic nitrogens is 4. The number of hydrogen-bond acceptors (Lipinski definition) is 5. The quantitative estimate of drug-likeness (QED) is 0.470. The third-order valence-corrected chi connectivity index (χ3v) is 4.68. The monoisotopic (exact) mass is 415 g/mol. The fraction of sp³-hybridized carbons (Fsp3) is 0.136. The van der Waals surface area contributed by atoms with Crippen molar-refractivity contribution in [2.24, 2.45) is 0 Å². The first-order valence-corrected chi connectivity index (χ1v) is 9.56. The molecule has 4 rings (SSSR count). The molecule has 0 spiro atoms. The lowest BCUT2D eigenvalue weighted by atomic mass is 10.0. The van der Waals surface area contributed by atoms with Gasteiger partial charge in [0.15, 0.2) is 5.69 Å². The number of fused-ring (bicyclic) bond motifs is 1. The second kappa shape index (κ2) is 8.23. The number of aryl methyl sites for hydroxylation is 1. The third kappa shape index (κ3) is 4.35. The van der Waals surface area contributed by atoms with Crippen LogP contribution in [0.2, 0.25) is 0 Å². The van der Waals surface area contributed by atoms with Gasteiger partial charge in [-0.15, -0.1) is 0 Å². The number of nitrogens with one attached hydrogen (secondary N) is 3. The largest absolute Gasteiger partial charge is 0.331 e. The van der Waals surface area contributed by atoms with E-state index in [2.05, 4.69) is 30.8 Å². The summed E-state index contributed by atoms with van der Waals surface area (Å²) in [5.41, 5.74) is 4.70. The van der Waals surface area contributed by atoms with Crippen LogP contribution in [0.15, 0.2) is 55.0 Å². The Labute approximate surface area is 178 Å². The zero-order valence-electron chi connectivity index (χ0n) is 17.3. The van der Waals surface area contributed by atoms with Gasteiger partial charge in [0, 0.05) is 36.9 Å². The van der Waals surface area contributed by atoms with Crippen LogP contribution in [0.3, 0.4) is 0 Å². The minimum absolute atomic E-state index is 0.242. The van der Waals surface area contributed by atoms with Crippen LogP contribution in [-0.2, 0) is 0 Å². The molecule has 1 aromatic carbocycles. The molecule has 0 aliphatic carbocycles. The summed E-state index contributed by atoms with van der Waals surface area (Å²) in [5.74, 6) is -0.334. The van der Waals surface area contributed by atoms with Crippen molar-refractivity contribution < 1.29 is 9.59 Å². The molecule has 31 heavy (non-hydrogen) atoms. The number of nitrogens with zero attached hydrogens (tertiary/aromatic N) is 4. The molecule has 0 aliphatic rings. The highest BCUT2D eigenvalue weighted by Crippen LogP contribution is 2.27. The molecule has 3 N–H and O–H groups in total. The number of anilines is 2. The molecule has 156 valence electrons. The zero-order valence-corrected chi connectivity index (χ0v) is 17.3. The molecule has 0 saturated heterocycles. The van der Waals surface area contributed by atoms with Gasteiger partial charge in [0.25, 0.3) is 5.91 Å². The van der Waals surface area contributed by atoms with E-state index in [1.54, 1.807) is 38.8 Å². The third-order valence-electron chi connectivity index (χ3n) is 4.68. The first-order chi connectivity index (χ1) is 14.9. The van der Waals surface area contributed by atoms with Gasteiger partial charge < -0.3 is 15.5 Å². The summed E-state index contributed by atoms with van der Waals surface area (Å²) in [5, 5.41) is 13.3. The van der Waals surface area contributed by atoms with Crippen LogP contribution in [0.25, 0.3) is 22.0 Å². The standard InChI is InChI=1S/C22H21N7O2/c1-13-4-6-16(12-24-13)25-21(30)20-18-9-14(5-7-19(18)27-28-20)15-8-17(11-23-10-15)26-22(31)29(2)3/h4-12H,1-3H3,(H,25,30)(H,26,31)(H,27,28). The highest BCUT2D eigenvalue weighted by molar-refractivity contribution is 6.11. The Kier molecular flexibility index (Phi) is 5.31. The minimum Gasteiger partial charge on any atom is -0.331 e. The normalized spacial score (nSPS) is 10.7. The van der Waals surface area contributed by atoms with Crippen molar-refractivity contribution in [2.45, 2.75) is 6.92 Å². The molecule has 9 nitrogen and oxygen atoms in total. The molecule has 0 saturated carbocycles. The van der Waals surface area contributed by atoms with Crippen molar-refractivity contribution >= 4 is 34.2 Å². The molecule has 0 atom stereocenters. The minimum atomic E-state index is -0.334. The summed E-state index contributed by atoms with van der Waals surface area (Å²) >= 11 is 0. The molecule has 0 bridgehead atoms. The summed E-state index contributed by atoms with van der Waals surface area (Å²) in [6.45, 7) is 1.88. The van der Waals surface area contributed by atoms with Gasteiger partial charge in [-0.2, -0.15) is 5.10 Å². The molecule has 0 aliphatic heterocycles. The van der Waals surface area contributed by atoms with Gasteiger partial charge in [-0.05, 0) is 42.8 Å². The Hall–Kier alpha value is -4.27. The molecular formula is C22H21N7O2. The van der Waals surface area contributed by atoms with Gasteiger partial charge >= 0.3 is 6.03 Å². The molecule has 0 unspecified atom stereocenters. The fourth-order valence-electron chi connectivity index (χ4n) is 3.00. The molecule has 3 aromatic heterocycles. The van der Waals surface area contributed by atoms with E-state index < -0.39 is 0 Å². The molecule has 3 amide bonds. The maximum atomic E-state index is 12.8. The maximum absolute atomic E-state index is 12.8. The lowest BCUT2D eigenvalue weighted by Gasteiger charge is -2.12. The summed E-state index contributed by atoms with van der Waals surface area (Å²) in [6.07, 6.45) is 4.88. The Morgan fingerprint density at radius 3 is 2.52 bits per heavy atom. The van der Waals surface area contributed by atoms with Crippen molar-refractivity contribution in [2.75, 3.05) is 24.7 Å². The van der Waals surface area contributed by atoms with Gasteiger partial charge in [0.05, 0.1) is 29.3 Å². The first kappa shape index (κ1) is 20.0. The highest BCUT2D eigenvalue weighted by atomic mass is 16.2. The van der Waals surface area contributed by atoms with Crippen LogP contribution < -0.4 is 10.6 Å². The Morgan fingerprint density at radius 1 is 0.935 bits per heavy atom. The number of amides is 3. The van der Waals surface area contributed by atoms with E-state index in [-0.39, 0.29) is 17.6 Å². The lowest BCUT2D eigenvalue weighted by Crippen LogP contribution is -2.27. The Bertz CT molecular complexity index is 1260. The topological polar surface area (TPSA) is 116 Å². The summed E-state index contributed by atoms with van der Waals surface area (Å²) in [6, 6.07) is 10.8. The number of hydrogen-bond donors (Lipinski definition) is 3. The van der Waals surface area contributed by atoms with Crippen molar-refractivity contribution in [1.29, 1.82) is 0 Å². The van der Waals surface area contributed by atoms with Gasteiger partial charge in [-0.25, -0.2) is 4.79 Å². The Balaban J connectivity index is 1.63. The summed E-state index contributed by atoms with van der Waals surface area (Å²) in [4.78, 5) is 34.5. The van der Waals surface area contributed by atoms with Crippen LogP contribution in [0, 0.1) is 6.92 Å². The number of benzene rings is 1. The van der Waals surface area contributed by atoms with Gasteiger partial charge in [-0.3, -0.25) is 19.9 Å². The van der Waals surface area contributed by atoms with E-state index in [1.807, 2.05) is 37.3 Å². The molecular weight excluding hydrogens is 394 g/mol. The van der Waals surface area contributed by atoms with E-state index >= 15 is 0 Å². The number of carbonyl (C=O) groups excluding carboxylic acids is 2. The predicted octanol–water partition coefficient (Wildman–Crippen LogP) is 3.67. The number of aromatic amines is 1. The number of urea groups is 1. The first-order valence-electron chi connectivity index (χ1n) is 9.56. The number of pyridine rings is 2. The molecule has 4 aromatic rings. The molecule has 3 heterocycles. The summed E-state index contributed by atoms with van der Waals surface area (Å²) < 4.78 is 0. The van der Waals surface area contributed by atoms with E-state index in [4.69, 9.17) is 0 Å². The fourth-order valence-corrected chi connectivity index (χ4v) is 3.00. The van der Waals surface area contributed by atoms with Crippen molar-refractivity contribution in [3.05, 3.63) is 66.4 Å². The predicted molar refractivity (Wildman–Crippen MR) is 119 cm³/mol. The van der Waals surface area contributed by atoms with Crippen LogP contribution in [0.5, 0.6) is 0 Å². The lowest BCUT2D eigenvalue weighted by molar-refractivity contribution is 0.102. The second-order valence-electron chi connectivity index (χ2n) is 7.26. The number of carbonyl (C=O) groups is 2. The average molecular weight is 415 g/mol. The highest BCUT2D eigenvalue weighted by Gasteiger charge is 2.16. The van der Waals surface area contributed by atoms with Gasteiger partial charge in [-0.1, -0.05) is 6.07 Å². The van der Waals surface area contributed by atoms with Crippen LogP contribution in [0.1, 0.15) is 16.2 Å². The Morgan fingerprint density at radius 2 is 1.77 bits per heavy atom. The van der Waals surface area contributed by atoms with Crippen molar-refractivity contribution in [3.8, 4) is 11.1 Å². The van der Waals surface area contributed by atoms with E-state index in [0.29, 0.717) is 16.8 Å². The molecule has 0 radical (unpaired) electrons. The zero-order chi connectivity index (χ0) is 22.0. The van der Waals surface area contributed by atoms with Crippen LogP contribution >= 0.6 is 0 Å². The van der Waals surface area contributed by atoms with Crippen LogP contribution in [0.4, 0.5) is 16.2 Å². The van der Waals surface area contributed by atoms with E-state index in [1.165, 1.54) is 4.90 Å². The smallest absolute Gasteiger partial charge is 0.321 e. The second-order valence-corrected chi connectivity index (χ2v) is 7.26. The van der Waals surface area contributed by atoms with Gasteiger partial charge in [0.2, 0.25) is 0 Å². The van der Waals surface area contributed by atoms with Crippen molar-refractivity contribution in [3.63, 3.8) is 0 Å². The van der Waals surface area contributed by atoms with E-state index in [9.17, 15) is 9.59 Å². The number of rotatable bonds is 4. The average Bonchev–Trinajstić information content (AvgIpc) is 3.19. The number of H-pyrrole nitrogens is 1. The van der Waals surface area contributed by atoms with Crippen molar-refractivity contribution in [1.82, 2.24) is 25.1 Å².